The third-order valence-electron chi connectivity index (χ3n) is 6.65. The number of hydrogen-bond acceptors (Lipinski definition) is 7. The highest BCUT2D eigenvalue weighted by molar-refractivity contribution is 7.89. The topological polar surface area (TPSA) is 83.1 Å². The summed E-state index contributed by atoms with van der Waals surface area (Å²) in [5, 5.41) is 1.62. The summed E-state index contributed by atoms with van der Waals surface area (Å²) >= 11 is 7.94. The van der Waals surface area contributed by atoms with Crippen molar-refractivity contribution in [3.05, 3.63) is 52.5 Å². The van der Waals surface area contributed by atoms with Gasteiger partial charge in [-0.25, -0.2) is 13.4 Å². The largest absolute Gasteiger partial charge is 0.373 e. The van der Waals surface area contributed by atoms with E-state index < -0.39 is 10.0 Å². The maximum Gasteiger partial charge on any atom is 0.253 e. The molecule has 3 heterocycles. The molecule has 2 fully saturated rings. The predicted octanol–water partition coefficient (Wildman–Crippen LogP) is 4.02. The van der Waals surface area contributed by atoms with Crippen molar-refractivity contribution in [2.24, 2.45) is 0 Å². The minimum atomic E-state index is -3.64. The zero-order valence-electron chi connectivity index (χ0n) is 20.5. The Bertz CT molecular complexity index is 1340. The Morgan fingerprint density at radius 1 is 1.03 bits per heavy atom. The van der Waals surface area contributed by atoms with E-state index in [-0.39, 0.29) is 23.0 Å². The highest BCUT2D eigenvalue weighted by atomic mass is 35.5. The molecule has 2 saturated heterocycles. The quantitative estimate of drug-likeness (QED) is 0.490. The number of carbonyl (C=O) groups excluding carboxylic acids is 1. The third-order valence-corrected chi connectivity index (χ3v) is 10.1. The van der Waals surface area contributed by atoms with E-state index in [0.29, 0.717) is 49.9 Å². The number of benzene rings is 2. The fourth-order valence-corrected chi connectivity index (χ4v) is 7.71. The van der Waals surface area contributed by atoms with Gasteiger partial charge in [-0.2, -0.15) is 4.31 Å². The van der Waals surface area contributed by atoms with Crippen molar-refractivity contribution in [2.75, 3.05) is 44.2 Å². The Morgan fingerprint density at radius 3 is 2.28 bits per heavy atom. The van der Waals surface area contributed by atoms with Gasteiger partial charge in [-0.3, -0.25) is 4.79 Å². The second kappa shape index (κ2) is 9.90. The van der Waals surface area contributed by atoms with Gasteiger partial charge in [0.2, 0.25) is 10.0 Å². The van der Waals surface area contributed by atoms with Gasteiger partial charge in [0.05, 0.1) is 32.3 Å². The van der Waals surface area contributed by atoms with E-state index in [1.54, 1.807) is 28.4 Å². The summed E-state index contributed by atoms with van der Waals surface area (Å²) in [6, 6.07) is 10.1. The lowest BCUT2D eigenvalue weighted by Gasteiger charge is -2.35. The van der Waals surface area contributed by atoms with Crippen LogP contribution in [0.1, 0.15) is 29.8 Å². The molecular formula is C25H29ClN4O4S2. The molecule has 8 nitrogen and oxygen atoms in total. The summed E-state index contributed by atoms with van der Waals surface area (Å²) in [6.07, 6.45) is -0.321. The van der Waals surface area contributed by atoms with Gasteiger partial charge in [0.15, 0.2) is 5.13 Å². The highest BCUT2D eigenvalue weighted by Gasteiger charge is 2.32. The van der Waals surface area contributed by atoms with Gasteiger partial charge in [-0.1, -0.05) is 29.0 Å². The highest BCUT2D eigenvalue weighted by Crippen LogP contribution is 2.36. The molecule has 1 amide bonds. The molecule has 2 aromatic carbocycles. The monoisotopic (exact) mass is 548 g/mol. The van der Waals surface area contributed by atoms with Crippen LogP contribution in [0.5, 0.6) is 0 Å². The van der Waals surface area contributed by atoms with Crippen LogP contribution < -0.4 is 4.90 Å². The summed E-state index contributed by atoms with van der Waals surface area (Å²) in [6.45, 7) is 8.85. The van der Waals surface area contributed by atoms with Crippen molar-refractivity contribution >= 4 is 54.2 Å². The first-order valence-corrected chi connectivity index (χ1v) is 14.6. The van der Waals surface area contributed by atoms with Gasteiger partial charge in [0.25, 0.3) is 5.91 Å². The molecule has 2 aliphatic heterocycles. The van der Waals surface area contributed by atoms with E-state index >= 15 is 0 Å². The van der Waals surface area contributed by atoms with Crippen LogP contribution in [0.4, 0.5) is 5.13 Å². The summed E-state index contributed by atoms with van der Waals surface area (Å²) in [7, 11) is -3.64. The molecule has 3 aromatic rings. The zero-order valence-corrected chi connectivity index (χ0v) is 22.9. The number of ether oxygens (including phenoxy) is 1. The minimum Gasteiger partial charge on any atom is -0.373 e. The molecule has 2 atom stereocenters. The van der Waals surface area contributed by atoms with Crippen LogP contribution in [-0.2, 0) is 14.8 Å². The number of halogens is 1. The van der Waals surface area contributed by atoms with Crippen molar-refractivity contribution < 1.29 is 17.9 Å². The Morgan fingerprint density at radius 2 is 1.67 bits per heavy atom. The van der Waals surface area contributed by atoms with Crippen LogP contribution in [0.3, 0.4) is 0 Å². The fraction of sp³-hybridized carbons (Fsp3) is 0.440. The number of nitrogens with zero attached hydrogens (tertiary/aromatic N) is 4. The van der Waals surface area contributed by atoms with Gasteiger partial charge >= 0.3 is 0 Å². The van der Waals surface area contributed by atoms with Crippen molar-refractivity contribution in [3.8, 4) is 0 Å². The maximum absolute atomic E-state index is 13.1. The lowest BCUT2D eigenvalue weighted by Crippen LogP contribution is -2.48. The molecule has 0 bridgehead atoms. The summed E-state index contributed by atoms with van der Waals surface area (Å²) < 4.78 is 34.3. The second-order valence-electron chi connectivity index (χ2n) is 9.42. The summed E-state index contributed by atoms with van der Waals surface area (Å²) in [5.41, 5.74) is 2.50. The van der Waals surface area contributed by atoms with Gasteiger partial charge in [0, 0.05) is 44.8 Å². The van der Waals surface area contributed by atoms with Crippen LogP contribution in [0.15, 0.2) is 41.3 Å². The molecule has 0 N–H and O–H groups in total. The van der Waals surface area contributed by atoms with Gasteiger partial charge < -0.3 is 14.5 Å². The number of sulfonamides is 1. The molecule has 0 radical (unpaired) electrons. The van der Waals surface area contributed by atoms with Gasteiger partial charge in [0.1, 0.15) is 0 Å². The van der Waals surface area contributed by atoms with Crippen molar-refractivity contribution in [2.45, 2.75) is 37.9 Å². The molecule has 1 aromatic heterocycles. The Labute approximate surface area is 220 Å². The molecule has 0 saturated carbocycles. The molecular weight excluding hydrogens is 520 g/mol. The molecule has 11 heteroatoms. The molecule has 36 heavy (non-hydrogen) atoms. The van der Waals surface area contributed by atoms with E-state index in [1.807, 2.05) is 32.9 Å². The van der Waals surface area contributed by atoms with Crippen LogP contribution >= 0.6 is 22.9 Å². The van der Waals surface area contributed by atoms with E-state index in [1.165, 1.54) is 16.4 Å². The van der Waals surface area contributed by atoms with E-state index in [9.17, 15) is 13.2 Å². The molecule has 0 aliphatic carbocycles. The van der Waals surface area contributed by atoms with E-state index in [2.05, 4.69) is 4.90 Å². The van der Waals surface area contributed by atoms with Crippen molar-refractivity contribution in [1.82, 2.24) is 14.2 Å². The summed E-state index contributed by atoms with van der Waals surface area (Å²) in [5.74, 6) is -0.101. The van der Waals surface area contributed by atoms with Crippen LogP contribution in [0.25, 0.3) is 10.2 Å². The third kappa shape index (κ3) is 4.84. The number of hydrogen-bond donors (Lipinski definition) is 0. The van der Waals surface area contributed by atoms with Crippen molar-refractivity contribution in [1.29, 1.82) is 0 Å². The van der Waals surface area contributed by atoms with E-state index in [4.69, 9.17) is 21.3 Å². The van der Waals surface area contributed by atoms with Crippen molar-refractivity contribution in [3.63, 3.8) is 0 Å². The number of carbonyl (C=O) groups is 1. The first-order chi connectivity index (χ1) is 17.1. The minimum absolute atomic E-state index is 0.101. The number of fused-ring (bicyclic) bond motifs is 1. The van der Waals surface area contributed by atoms with Crippen LogP contribution in [0, 0.1) is 6.92 Å². The molecule has 2 aliphatic rings. The average molecular weight is 549 g/mol. The lowest BCUT2D eigenvalue weighted by atomic mass is 10.2. The van der Waals surface area contributed by atoms with Gasteiger partial charge in [-0.05, 0) is 56.7 Å². The zero-order chi connectivity index (χ0) is 25.6. The normalized spacial score (nSPS) is 21.8. The van der Waals surface area contributed by atoms with E-state index in [0.717, 1.165) is 20.9 Å². The number of amides is 1. The number of anilines is 1. The smallest absolute Gasteiger partial charge is 0.253 e. The standard InChI is InChI=1S/C25H29ClN4O4S2/c1-16-4-9-21(26)23-22(16)27-25(35-23)29-12-10-28(11-13-29)24(31)19-5-7-20(8-6-19)36(32,33)30-14-17(2)34-18(3)15-30/h4-9,17-18H,10-15H2,1-3H3. The predicted molar refractivity (Wildman–Crippen MR) is 143 cm³/mol. The Balaban J connectivity index is 1.24. The second-order valence-corrected chi connectivity index (χ2v) is 12.7. The number of aryl methyl sites for hydroxylation is 1. The molecule has 192 valence electrons. The number of thiazole rings is 1. The number of aromatic nitrogens is 1. The maximum atomic E-state index is 13.1. The Kier molecular flexibility index (Phi) is 6.99. The molecule has 2 unspecified atom stereocenters. The van der Waals surface area contributed by atoms with Crippen LogP contribution in [-0.4, -0.2) is 80.0 Å². The number of piperazine rings is 1. The fourth-order valence-electron chi connectivity index (χ4n) is 4.75. The first-order valence-electron chi connectivity index (χ1n) is 12.0. The molecule has 0 spiro atoms. The SMILES string of the molecule is Cc1ccc(Cl)c2sc(N3CCN(C(=O)c4ccc(S(=O)(=O)N5CC(C)OC(C)C5)cc4)CC3)nc12. The number of rotatable bonds is 4. The molecule has 5 rings (SSSR count). The van der Waals surface area contributed by atoms with Gasteiger partial charge in [-0.15, -0.1) is 0 Å². The first kappa shape index (κ1) is 25.4. The van der Waals surface area contributed by atoms with Crippen LogP contribution in [0.2, 0.25) is 5.02 Å². The average Bonchev–Trinajstić information content (AvgIpc) is 3.33. The number of morpholine rings is 1. The Hall–Kier alpha value is -2.24. The summed E-state index contributed by atoms with van der Waals surface area (Å²) in [4.78, 5) is 22.1. The lowest BCUT2D eigenvalue weighted by molar-refractivity contribution is -0.0440.